The molecule has 0 aromatic heterocycles. The summed E-state index contributed by atoms with van der Waals surface area (Å²) in [5.74, 6) is -1.45. The van der Waals surface area contributed by atoms with Crippen molar-refractivity contribution in [3.8, 4) is 11.5 Å². The number of ketones is 2. The van der Waals surface area contributed by atoms with Gasteiger partial charge in [0.2, 0.25) is 0 Å². The number of carbonyl (C=O) groups excluding carboxylic acids is 3. The molecule has 0 saturated carbocycles. The minimum absolute atomic E-state index is 0.184. The lowest BCUT2D eigenvalue weighted by Crippen LogP contribution is -2.43. The number of hydrogen-bond acceptors (Lipinski definition) is 7. The summed E-state index contributed by atoms with van der Waals surface area (Å²) < 4.78 is 6.01. The molecule has 2 aliphatic rings. The first kappa shape index (κ1) is 28.7. The molecule has 6 nitrogen and oxygen atoms in total. The predicted molar refractivity (Wildman–Crippen MR) is 164 cm³/mol. The quantitative estimate of drug-likeness (QED) is 0.153. The second-order valence-electron chi connectivity index (χ2n) is 12.9. The van der Waals surface area contributed by atoms with Gasteiger partial charge >= 0.3 is 5.97 Å². The Balaban J connectivity index is 1.51. The van der Waals surface area contributed by atoms with E-state index in [0.717, 1.165) is 5.56 Å². The van der Waals surface area contributed by atoms with Gasteiger partial charge in [-0.1, -0.05) is 65.8 Å². The number of rotatable bonds is 3. The van der Waals surface area contributed by atoms with Crippen LogP contribution in [0.1, 0.15) is 89.3 Å². The van der Waals surface area contributed by atoms with Gasteiger partial charge in [0.25, 0.3) is 0 Å². The zero-order chi connectivity index (χ0) is 30.0. The van der Waals surface area contributed by atoms with Crippen LogP contribution in [0.3, 0.4) is 0 Å². The molecule has 2 atom stereocenters. The summed E-state index contributed by atoms with van der Waals surface area (Å²) in [6.07, 6.45) is 3.72. The molecule has 0 fully saturated rings. The molecule has 0 saturated heterocycles. The maximum Gasteiger partial charge on any atom is 0.343 e. The van der Waals surface area contributed by atoms with Crippen LogP contribution in [0.25, 0.3) is 6.08 Å². The molecule has 212 valence electrons. The summed E-state index contributed by atoms with van der Waals surface area (Å²) in [6, 6.07) is 13.2. The van der Waals surface area contributed by atoms with E-state index in [9.17, 15) is 19.5 Å². The zero-order valence-corrected chi connectivity index (χ0v) is 25.3. The molecular formula is C34H35NO5S. The summed E-state index contributed by atoms with van der Waals surface area (Å²) in [5.41, 5.74) is 3.05. The summed E-state index contributed by atoms with van der Waals surface area (Å²) in [7, 11) is 1.80. The Morgan fingerprint density at radius 2 is 1.51 bits per heavy atom. The minimum atomic E-state index is -0.918. The maximum atomic E-state index is 13.6. The van der Waals surface area contributed by atoms with Crippen molar-refractivity contribution in [2.75, 3.05) is 11.9 Å². The van der Waals surface area contributed by atoms with Gasteiger partial charge in [0.05, 0.1) is 17.3 Å². The van der Waals surface area contributed by atoms with Crippen LogP contribution in [0, 0.1) is 5.92 Å². The van der Waals surface area contributed by atoms with E-state index >= 15 is 0 Å². The maximum absolute atomic E-state index is 13.6. The number of carbonyl (C=O) groups is 3. The van der Waals surface area contributed by atoms with Gasteiger partial charge in [-0.25, -0.2) is 4.79 Å². The fraction of sp³-hybridized carbons (Fsp3) is 0.324. The van der Waals surface area contributed by atoms with Crippen molar-refractivity contribution >= 4 is 41.9 Å². The summed E-state index contributed by atoms with van der Waals surface area (Å²) in [4.78, 5) is 42.9. The number of likely N-dealkylation sites (N-methyl/N-ethyl adjacent to an activating group) is 1. The first-order chi connectivity index (χ1) is 19.1. The monoisotopic (exact) mass is 569 g/mol. The average molecular weight is 570 g/mol. The number of phenolic OH excluding ortho intramolecular Hbond substituents is 1. The zero-order valence-electron chi connectivity index (χ0n) is 24.4. The number of anilines is 1. The molecule has 7 heteroatoms. The standard InChI is InChI=1S/C34H35NO5S/c1-33(2,3)23-15-19(16-24(31(23)38)34(4,5)6)32(39)40-26-10-8-9-18-11-14-25(35(7)28(18)26)27-29(36)21-13-12-20(41)17-22(21)30(27)37/h8-17,25,27,38,41H,1-7H3. The van der Waals surface area contributed by atoms with Crippen LogP contribution in [-0.4, -0.2) is 35.7 Å². The molecule has 3 aromatic rings. The number of nitrogens with zero attached hydrogens (tertiary/aromatic N) is 1. The fourth-order valence-electron chi connectivity index (χ4n) is 5.72. The van der Waals surface area contributed by atoms with E-state index in [2.05, 4.69) is 12.6 Å². The van der Waals surface area contributed by atoms with Crippen molar-refractivity contribution in [3.63, 3.8) is 0 Å². The lowest BCUT2D eigenvalue weighted by molar-refractivity contribution is 0.0731. The van der Waals surface area contributed by atoms with E-state index in [1.807, 2.05) is 64.7 Å². The Morgan fingerprint density at radius 1 is 0.902 bits per heavy atom. The summed E-state index contributed by atoms with van der Waals surface area (Å²) >= 11 is 4.34. The molecule has 1 N–H and O–H groups in total. The number of fused-ring (bicyclic) bond motifs is 2. The van der Waals surface area contributed by atoms with Crippen molar-refractivity contribution in [2.45, 2.75) is 63.3 Å². The van der Waals surface area contributed by atoms with E-state index in [0.29, 0.717) is 44.1 Å². The molecule has 1 aliphatic carbocycles. The normalized spacial score (nSPS) is 18.4. The fourth-order valence-corrected chi connectivity index (χ4v) is 5.92. The third kappa shape index (κ3) is 4.97. The molecule has 0 bridgehead atoms. The number of aromatic hydroxyl groups is 1. The SMILES string of the molecule is CN1c2c(cccc2OC(=O)c2cc(C(C)(C)C)c(O)c(C(C)(C)C)c2)C=CC1C1C(=O)c2ccc(S)cc2C1=O. The van der Waals surface area contributed by atoms with E-state index in [1.165, 1.54) is 0 Å². The van der Waals surface area contributed by atoms with Crippen LogP contribution in [0.15, 0.2) is 59.5 Å². The number of phenols is 1. The highest BCUT2D eigenvalue weighted by atomic mass is 32.1. The number of Topliss-reactive ketones (excluding diaryl/α,β-unsaturated/α-hetero) is 2. The Labute approximate surface area is 246 Å². The van der Waals surface area contributed by atoms with E-state index in [-0.39, 0.29) is 17.3 Å². The van der Waals surface area contributed by atoms with Gasteiger partial charge in [-0.15, -0.1) is 12.6 Å². The van der Waals surface area contributed by atoms with Gasteiger partial charge in [0, 0.05) is 39.8 Å². The first-order valence-electron chi connectivity index (χ1n) is 13.6. The highest BCUT2D eigenvalue weighted by Crippen LogP contribution is 2.43. The Hall–Kier alpha value is -3.84. The highest BCUT2D eigenvalue weighted by molar-refractivity contribution is 7.80. The van der Waals surface area contributed by atoms with E-state index < -0.39 is 28.8 Å². The van der Waals surface area contributed by atoms with Crippen LogP contribution < -0.4 is 9.64 Å². The third-order valence-electron chi connectivity index (χ3n) is 7.91. The average Bonchev–Trinajstić information content (AvgIpc) is 3.12. The van der Waals surface area contributed by atoms with Crippen LogP contribution in [0.2, 0.25) is 0 Å². The van der Waals surface area contributed by atoms with Crippen molar-refractivity contribution in [1.82, 2.24) is 0 Å². The molecule has 0 radical (unpaired) electrons. The predicted octanol–water partition coefficient (Wildman–Crippen LogP) is 7.02. The smallest absolute Gasteiger partial charge is 0.343 e. The Morgan fingerprint density at radius 3 is 2.12 bits per heavy atom. The molecule has 1 aliphatic heterocycles. The Kier molecular flexibility index (Phi) is 6.93. The molecule has 1 heterocycles. The van der Waals surface area contributed by atoms with Gasteiger partial charge in [-0.3, -0.25) is 9.59 Å². The number of ether oxygens (including phenoxy) is 1. The van der Waals surface area contributed by atoms with E-state index in [1.54, 1.807) is 49.5 Å². The number of thiol groups is 1. The van der Waals surface area contributed by atoms with Crippen molar-refractivity contribution < 1.29 is 24.2 Å². The topological polar surface area (TPSA) is 83.9 Å². The van der Waals surface area contributed by atoms with Crippen LogP contribution in [0.5, 0.6) is 11.5 Å². The lowest BCUT2D eigenvalue weighted by Gasteiger charge is -2.35. The third-order valence-corrected chi connectivity index (χ3v) is 8.19. The van der Waals surface area contributed by atoms with Gasteiger partial charge in [-0.05, 0) is 47.2 Å². The largest absolute Gasteiger partial charge is 0.507 e. The minimum Gasteiger partial charge on any atom is -0.507 e. The molecule has 41 heavy (non-hydrogen) atoms. The molecular weight excluding hydrogens is 534 g/mol. The van der Waals surface area contributed by atoms with Crippen LogP contribution in [0.4, 0.5) is 5.69 Å². The second-order valence-corrected chi connectivity index (χ2v) is 13.4. The van der Waals surface area contributed by atoms with Crippen molar-refractivity contribution in [1.29, 1.82) is 0 Å². The second kappa shape index (κ2) is 9.91. The molecule has 0 spiro atoms. The molecule has 3 aromatic carbocycles. The molecule has 2 unspecified atom stereocenters. The van der Waals surface area contributed by atoms with Crippen LogP contribution >= 0.6 is 12.6 Å². The number of benzene rings is 3. The van der Waals surface area contributed by atoms with Gasteiger partial charge in [0.1, 0.15) is 11.7 Å². The van der Waals surface area contributed by atoms with Gasteiger partial charge in [-0.2, -0.15) is 0 Å². The summed E-state index contributed by atoms with van der Waals surface area (Å²) in [5, 5.41) is 11.1. The number of hydrogen-bond donors (Lipinski definition) is 2. The Bertz CT molecular complexity index is 1600. The summed E-state index contributed by atoms with van der Waals surface area (Å²) in [6.45, 7) is 11.9. The number of esters is 1. The molecule has 5 rings (SSSR count). The highest BCUT2D eigenvalue weighted by Gasteiger charge is 2.45. The number of para-hydroxylation sites is 1. The lowest BCUT2D eigenvalue weighted by atomic mass is 9.78. The van der Waals surface area contributed by atoms with Gasteiger partial charge < -0.3 is 14.7 Å². The van der Waals surface area contributed by atoms with E-state index in [4.69, 9.17) is 4.74 Å². The van der Waals surface area contributed by atoms with Gasteiger partial charge in [0.15, 0.2) is 17.3 Å². The molecule has 0 amide bonds. The van der Waals surface area contributed by atoms with Crippen molar-refractivity contribution in [3.05, 3.63) is 88.0 Å². The first-order valence-corrected chi connectivity index (χ1v) is 14.1. The van der Waals surface area contributed by atoms with Crippen LogP contribution in [-0.2, 0) is 10.8 Å². The van der Waals surface area contributed by atoms with Crippen molar-refractivity contribution in [2.24, 2.45) is 5.92 Å².